The van der Waals surface area contributed by atoms with Gasteiger partial charge in [0.1, 0.15) is 23.9 Å². The Kier molecular flexibility index (Phi) is 11.4. The number of aliphatic hydroxyl groups excluding tert-OH is 1. The minimum atomic E-state index is -1.04. The molecule has 0 saturated heterocycles. The number of amides is 3. The Morgan fingerprint density at radius 2 is 1.70 bits per heavy atom. The number of carbonyl (C=O) groups is 3. The zero-order valence-electron chi connectivity index (χ0n) is 23.6. The lowest BCUT2D eigenvalue weighted by atomic mass is 9.93. The average Bonchev–Trinajstić information content (AvgIpc) is 2.86. The number of ether oxygens (including phenoxy) is 1. The molecular formula is C28H46N4O5. The number of aliphatic hydroxyl groups is 1. The summed E-state index contributed by atoms with van der Waals surface area (Å²) < 4.78 is 6.30. The summed E-state index contributed by atoms with van der Waals surface area (Å²) in [5.41, 5.74) is 0.641. The Labute approximate surface area is 221 Å². The van der Waals surface area contributed by atoms with Gasteiger partial charge < -0.3 is 25.8 Å². The van der Waals surface area contributed by atoms with E-state index < -0.39 is 36.2 Å². The molecule has 0 aliphatic carbocycles. The Morgan fingerprint density at radius 3 is 2.22 bits per heavy atom. The largest absolute Gasteiger partial charge is 0.487 e. The van der Waals surface area contributed by atoms with E-state index in [0.29, 0.717) is 17.7 Å². The zero-order chi connectivity index (χ0) is 27.9. The van der Waals surface area contributed by atoms with Gasteiger partial charge in [-0.05, 0) is 49.5 Å². The van der Waals surface area contributed by atoms with Gasteiger partial charge in [-0.2, -0.15) is 0 Å². The maximum absolute atomic E-state index is 13.8. The molecule has 3 amide bonds. The molecule has 2 aliphatic rings. The third-order valence-electron chi connectivity index (χ3n) is 7.37. The number of nitrogens with zero attached hydrogens (tertiary/aromatic N) is 1. The van der Waals surface area contributed by atoms with Gasteiger partial charge in [0.25, 0.3) is 0 Å². The van der Waals surface area contributed by atoms with Gasteiger partial charge in [0.05, 0.1) is 12.1 Å². The van der Waals surface area contributed by atoms with Crippen molar-refractivity contribution >= 4 is 17.7 Å². The fourth-order valence-corrected chi connectivity index (χ4v) is 4.65. The first-order valence-corrected chi connectivity index (χ1v) is 13.4. The van der Waals surface area contributed by atoms with Crippen molar-refractivity contribution in [2.75, 3.05) is 20.6 Å². The maximum atomic E-state index is 13.8. The minimum absolute atomic E-state index is 0.00997. The third-order valence-corrected chi connectivity index (χ3v) is 7.37. The quantitative estimate of drug-likeness (QED) is 0.419. The molecule has 9 heteroatoms. The summed E-state index contributed by atoms with van der Waals surface area (Å²) in [7, 11) is 3.69. The van der Waals surface area contributed by atoms with E-state index in [1.165, 1.54) is 0 Å². The summed E-state index contributed by atoms with van der Waals surface area (Å²) >= 11 is 0. The molecule has 0 aromatic heterocycles. The fraction of sp³-hybridized carbons (Fsp3) is 0.679. The van der Waals surface area contributed by atoms with Crippen molar-refractivity contribution in [3.05, 3.63) is 29.8 Å². The minimum Gasteiger partial charge on any atom is -0.487 e. The summed E-state index contributed by atoms with van der Waals surface area (Å²) in [6.45, 7) is 11.7. The molecule has 37 heavy (non-hydrogen) atoms. The number of nitrogens with one attached hydrogen (secondary N) is 3. The molecule has 2 aliphatic heterocycles. The van der Waals surface area contributed by atoms with Crippen molar-refractivity contribution < 1.29 is 24.2 Å². The molecule has 2 bridgehead atoms. The molecule has 0 saturated carbocycles. The van der Waals surface area contributed by atoms with Crippen LogP contribution in [-0.4, -0.2) is 72.6 Å². The summed E-state index contributed by atoms with van der Waals surface area (Å²) in [5, 5.41) is 19.2. The van der Waals surface area contributed by atoms with Crippen LogP contribution in [0.1, 0.15) is 66.1 Å². The van der Waals surface area contributed by atoms with Crippen molar-refractivity contribution in [3.8, 4) is 5.75 Å². The Hall–Kier alpha value is -2.65. The second-order valence-electron chi connectivity index (χ2n) is 10.8. The first-order chi connectivity index (χ1) is 17.4. The number of likely N-dealkylation sites (N-methyl/N-ethyl adjacent to an activating group) is 1. The van der Waals surface area contributed by atoms with E-state index in [-0.39, 0.29) is 36.1 Å². The number of benzene rings is 1. The van der Waals surface area contributed by atoms with Crippen LogP contribution in [0.2, 0.25) is 0 Å². The van der Waals surface area contributed by atoms with Gasteiger partial charge in [0.15, 0.2) is 0 Å². The number of fused-ring (bicyclic) bond motifs is 11. The molecule has 1 aromatic rings. The van der Waals surface area contributed by atoms with E-state index >= 15 is 0 Å². The van der Waals surface area contributed by atoms with E-state index in [1.54, 1.807) is 24.3 Å². The predicted octanol–water partition coefficient (Wildman–Crippen LogP) is 2.25. The van der Waals surface area contributed by atoms with Crippen LogP contribution in [0.25, 0.3) is 0 Å². The van der Waals surface area contributed by atoms with Gasteiger partial charge in [0.2, 0.25) is 17.7 Å². The molecule has 4 N–H and O–H groups in total. The first kappa shape index (κ1) is 30.6. The van der Waals surface area contributed by atoms with E-state index in [2.05, 4.69) is 16.0 Å². The number of carbonyl (C=O) groups excluding carboxylic acids is 3. The molecule has 0 radical (unpaired) electrons. The molecule has 0 spiro atoms. The molecule has 7 atom stereocenters. The van der Waals surface area contributed by atoms with E-state index in [0.717, 1.165) is 6.42 Å². The van der Waals surface area contributed by atoms with Crippen LogP contribution in [0.15, 0.2) is 24.3 Å². The lowest BCUT2D eigenvalue weighted by Gasteiger charge is -2.35. The highest BCUT2D eigenvalue weighted by Gasteiger charge is 2.39. The first-order valence-electron chi connectivity index (χ1n) is 13.4. The lowest BCUT2D eigenvalue weighted by Crippen LogP contribution is -2.63. The Bertz CT molecular complexity index is 904. The van der Waals surface area contributed by atoms with Crippen molar-refractivity contribution in [2.45, 2.75) is 84.7 Å². The Morgan fingerprint density at radius 1 is 1.08 bits per heavy atom. The third kappa shape index (κ3) is 7.92. The topological polar surface area (TPSA) is 120 Å². The molecule has 3 rings (SSSR count). The van der Waals surface area contributed by atoms with Crippen molar-refractivity contribution in [1.82, 2.24) is 20.9 Å². The monoisotopic (exact) mass is 518 g/mol. The number of rotatable bonds is 8. The zero-order valence-corrected chi connectivity index (χ0v) is 23.6. The summed E-state index contributed by atoms with van der Waals surface area (Å²) in [4.78, 5) is 42.3. The van der Waals surface area contributed by atoms with Gasteiger partial charge in [-0.3, -0.25) is 19.3 Å². The van der Waals surface area contributed by atoms with Crippen LogP contribution in [0, 0.1) is 17.8 Å². The highest BCUT2D eigenvalue weighted by Crippen LogP contribution is 2.23. The normalized spacial score (nSPS) is 25.5. The summed E-state index contributed by atoms with van der Waals surface area (Å²) in [6, 6.07) is 4.62. The van der Waals surface area contributed by atoms with E-state index in [1.807, 2.05) is 60.5 Å². The smallest absolute Gasteiger partial charge is 0.247 e. The highest BCUT2D eigenvalue weighted by molar-refractivity contribution is 5.93. The van der Waals surface area contributed by atoms with Crippen LogP contribution < -0.4 is 20.7 Å². The SMILES string of the molecule is CCC(C)C1NC(=O)C(NC(=O)C(C(C)CC)N(C)C)C(C(C)C)Oc2ccc(cc2)C(O)CNC1=O. The van der Waals surface area contributed by atoms with Gasteiger partial charge in [-0.1, -0.05) is 66.5 Å². The van der Waals surface area contributed by atoms with Crippen LogP contribution in [0.5, 0.6) is 5.75 Å². The lowest BCUT2D eigenvalue weighted by molar-refractivity contribution is -0.137. The standard InChI is InChI=1S/C28H46N4O5/c1-9-17(5)22-26(34)29-15-21(33)19-11-13-20(14-12-19)37-25(16(3)4)23(27(35)30-22)31-28(36)24(32(7)8)18(6)10-2/h11-14,16-18,21-25,33H,9-10,15H2,1-8H3,(H,29,34)(H,30,35)(H,31,36). The molecule has 208 valence electrons. The molecule has 2 heterocycles. The second-order valence-corrected chi connectivity index (χ2v) is 10.8. The van der Waals surface area contributed by atoms with Crippen LogP contribution >= 0.6 is 0 Å². The van der Waals surface area contributed by atoms with Crippen molar-refractivity contribution in [3.63, 3.8) is 0 Å². The molecular weight excluding hydrogens is 472 g/mol. The predicted molar refractivity (Wildman–Crippen MR) is 144 cm³/mol. The van der Waals surface area contributed by atoms with Crippen LogP contribution in [0.4, 0.5) is 0 Å². The average molecular weight is 519 g/mol. The molecule has 0 fully saturated rings. The Balaban J connectivity index is 2.55. The van der Waals surface area contributed by atoms with Gasteiger partial charge in [0, 0.05) is 6.54 Å². The number of hydrogen-bond acceptors (Lipinski definition) is 6. The summed E-state index contributed by atoms with van der Waals surface area (Å²) in [5.74, 6) is -0.863. The maximum Gasteiger partial charge on any atom is 0.247 e. The van der Waals surface area contributed by atoms with Gasteiger partial charge in [-0.15, -0.1) is 0 Å². The number of hydrogen-bond donors (Lipinski definition) is 4. The molecule has 7 unspecified atom stereocenters. The fourth-order valence-electron chi connectivity index (χ4n) is 4.65. The van der Waals surface area contributed by atoms with Gasteiger partial charge in [-0.25, -0.2) is 0 Å². The second kappa shape index (κ2) is 13.8. The van der Waals surface area contributed by atoms with E-state index in [4.69, 9.17) is 4.74 Å². The summed E-state index contributed by atoms with van der Waals surface area (Å²) in [6.07, 6.45) is -0.153. The molecule has 1 aromatic carbocycles. The van der Waals surface area contributed by atoms with Crippen LogP contribution in [0.3, 0.4) is 0 Å². The van der Waals surface area contributed by atoms with E-state index in [9.17, 15) is 19.5 Å². The highest BCUT2D eigenvalue weighted by atomic mass is 16.5. The van der Waals surface area contributed by atoms with Crippen molar-refractivity contribution in [1.29, 1.82) is 0 Å². The van der Waals surface area contributed by atoms with Crippen LogP contribution in [-0.2, 0) is 14.4 Å². The van der Waals surface area contributed by atoms with Gasteiger partial charge >= 0.3 is 0 Å². The van der Waals surface area contributed by atoms with Crippen molar-refractivity contribution in [2.24, 2.45) is 17.8 Å². The molecule has 9 nitrogen and oxygen atoms in total.